The number of carbonyl (C=O) groups excluding carboxylic acids is 1. The van der Waals surface area contributed by atoms with Gasteiger partial charge >= 0.3 is 5.97 Å². The molecule has 0 aromatic rings. The van der Waals surface area contributed by atoms with E-state index in [0.717, 1.165) is 0 Å². The highest BCUT2D eigenvalue weighted by molar-refractivity contribution is 8.03. The van der Waals surface area contributed by atoms with Crippen molar-refractivity contribution in [1.82, 2.24) is 0 Å². The van der Waals surface area contributed by atoms with Crippen LogP contribution in [0.1, 0.15) is 27.7 Å². The van der Waals surface area contributed by atoms with Crippen molar-refractivity contribution in [2.75, 3.05) is 0 Å². The molecular formula is C9H13NO2S. The third-order valence-corrected chi connectivity index (χ3v) is 2.47. The maximum absolute atomic E-state index is 11.1. The highest BCUT2D eigenvalue weighted by Crippen LogP contribution is 2.27. The zero-order chi connectivity index (χ0) is 10.1. The highest BCUT2D eigenvalue weighted by atomic mass is 32.2. The van der Waals surface area contributed by atoms with Gasteiger partial charge in [0, 0.05) is 4.75 Å². The predicted octanol–water partition coefficient (Wildman–Crippen LogP) is 2.33. The standard InChI is InChI=1S/C9H13NO2S/c1-6-7(8(11)12-10-6)5-13-9(2,3)4/h5H,1-4H3/b7-5+. The van der Waals surface area contributed by atoms with Gasteiger partial charge in [-0.2, -0.15) is 0 Å². The van der Waals surface area contributed by atoms with Gasteiger partial charge in [-0.25, -0.2) is 4.79 Å². The summed E-state index contributed by atoms with van der Waals surface area (Å²) in [5.41, 5.74) is 1.22. The van der Waals surface area contributed by atoms with Crippen molar-refractivity contribution in [3.8, 4) is 0 Å². The van der Waals surface area contributed by atoms with Gasteiger partial charge in [0.25, 0.3) is 0 Å². The molecule has 1 heterocycles. The van der Waals surface area contributed by atoms with Gasteiger partial charge in [-0.1, -0.05) is 25.9 Å². The van der Waals surface area contributed by atoms with E-state index >= 15 is 0 Å². The van der Waals surface area contributed by atoms with Crippen LogP contribution in [0.5, 0.6) is 0 Å². The van der Waals surface area contributed by atoms with Gasteiger partial charge in [-0.3, -0.25) is 0 Å². The van der Waals surface area contributed by atoms with Gasteiger partial charge in [-0.05, 0) is 12.3 Å². The number of carbonyl (C=O) groups is 1. The van der Waals surface area contributed by atoms with Gasteiger partial charge in [0.15, 0.2) is 0 Å². The first-order valence-corrected chi connectivity index (χ1v) is 4.92. The van der Waals surface area contributed by atoms with Gasteiger partial charge in [0.1, 0.15) is 0 Å². The van der Waals surface area contributed by atoms with Crippen LogP contribution in [-0.2, 0) is 9.63 Å². The Bertz CT molecular complexity index is 286. The Morgan fingerprint density at radius 3 is 2.46 bits per heavy atom. The van der Waals surface area contributed by atoms with E-state index in [2.05, 4.69) is 30.8 Å². The average molecular weight is 199 g/mol. The summed E-state index contributed by atoms with van der Waals surface area (Å²) in [5, 5.41) is 5.40. The zero-order valence-electron chi connectivity index (χ0n) is 8.25. The van der Waals surface area contributed by atoms with E-state index in [9.17, 15) is 4.79 Å². The summed E-state index contributed by atoms with van der Waals surface area (Å²) in [4.78, 5) is 15.6. The molecule has 0 aliphatic carbocycles. The van der Waals surface area contributed by atoms with Crippen LogP contribution in [0.2, 0.25) is 0 Å². The predicted molar refractivity (Wildman–Crippen MR) is 54.6 cm³/mol. The van der Waals surface area contributed by atoms with Crippen molar-refractivity contribution >= 4 is 23.4 Å². The second-order valence-corrected chi connectivity index (χ2v) is 5.51. The molecule has 1 aliphatic heterocycles. The summed E-state index contributed by atoms with van der Waals surface area (Å²) in [5.74, 6) is -0.353. The fraction of sp³-hybridized carbons (Fsp3) is 0.556. The molecule has 0 atom stereocenters. The minimum atomic E-state index is -0.353. The Kier molecular flexibility index (Phi) is 2.81. The molecule has 4 heteroatoms. The third kappa shape index (κ3) is 2.88. The molecule has 0 saturated heterocycles. The van der Waals surface area contributed by atoms with E-state index < -0.39 is 0 Å². The fourth-order valence-electron chi connectivity index (χ4n) is 0.725. The van der Waals surface area contributed by atoms with Crippen molar-refractivity contribution in [2.45, 2.75) is 32.4 Å². The summed E-state index contributed by atoms with van der Waals surface area (Å²) in [7, 11) is 0. The number of hydrogen-bond donors (Lipinski definition) is 0. The van der Waals surface area contributed by atoms with Crippen LogP contribution in [0, 0.1) is 0 Å². The van der Waals surface area contributed by atoms with Gasteiger partial charge in [-0.15, -0.1) is 11.8 Å². The summed E-state index contributed by atoms with van der Waals surface area (Å²) < 4.78 is 0.107. The summed E-state index contributed by atoms with van der Waals surface area (Å²) in [6, 6.07) is 0. The third-order valence-electron chi connectivity index (χ3n) is 1.41. The van der Waals surface area contributed by atoms with Gasteiger partial charge < -0.3 is 4.84 Å². The normalized spacial score (nSPS) is 20.5. The van der Waals surface area contributed by atoms with E-state index in [0.29, 0.717) is 11.3 Å². The molecule has 3 nitrogen and oxygen atoms in total. The molecular weight excluding hydrogens is 186 g/mol. The van der Waals surface area contributed by atoms with Gasteiger partial charge in [0.2, 0.25) is 0 Å². The fourth-order valence-corrected chi connectivity index (χ4v) is 1.46. The van der Waals surface area contributed by atoms with Crippen LogP contribution in [0.4, 0.5) is 0 Å². The molecule has 0 bridgehead atoms. The van der Waals surface area contributed by atoms with E-state index in [1.54, 1.807) is 18.7 Å². The van der Waals surface area contributed by atoms with Crippen LogP contribution in [0.15, 0.2) is 16.1 Å². The van der Waals surface area contributed by atoms with Crippen LogP contribution in [0.3, 0.4) is 0 Å². The minimum absolute atomic E-state index is 0.107. The van der Waals surface area contributed by atoms with Crippen molar-refractivity contribution in [1.29, 1.82) is 0 Å². The van der Waals surface area contributed by atoms with E-state index in [1.807, 2.05) is 5.41 Å². The van der Waals surface area contributed by atoms with Crippen molar-refractivity contribution in [3.63, 3.8) is 0 Å². The topological polar surface area (TPSA) is 38.7 Å². The van der Waals surface area contributed by atoms with Crippen molar-refractivity contribution in [3.05, 3.63) is 11.0 Å². The SMILES string of the molecule is CC1=NOC(=O)/C1=C/SC(C)(C)C. The molecule has 0 amide bonds. The van der Waals surface area contributed by atoms with Crippen molar-refractivity contribution in [2.24, 2.45) is 5.16 Å². The van der Waals surface area contributed by atoms with Crippen LogP contribution >= 0.6 is 11.8 Å². The molecule has 1 aliphatic rings. The van der Waals surface area contributed by atoms with Crippen LogP contribution in [-0.4, -0.2) is 16.4 Å². The second-order valence-electron chi connectivity index (χ2n) is 3.82. The molecule has 13 heavy (non-hydrogen) atoms. The largest absolute Gasteiger partial charge is 0.368 e. The molecule has 0 aromatic heterocycles. The molecule has 0 unspecified atom stereocenters. The smallest absolute Gasteiger partial charge is 0.312 e. The minimum Gasteiger partial charge on any atom is -0.312 e. The van der Waals surface area contributed by atoms with E-state index in [4.69, 9.17) is 0 Å². The Morgan fingerprint density at radius 1 is 1.46 bits per heavy atom. The first-order valence-electron chi connectivity index (χ1n) is 4.04. The maximum Gasteiger partial charge on any atom is 0.368 e. The first-order chi connectivity index (χ1) is 5.90. The lowest BCUT2D eigenvalue weighted by molar-refractivity contribution is -0.136. The summed E-state index contributed by atoms with van der Waals surface area (Å²) in [6.07, 6.45) is 0. The quantitative estimate of drug-likeness (QED) is 0.480. The number of rotatable bonds is 1. The van der Waals surface area contributed by atoms with E-state index in [1.165, 1.54) is 0 Å². The molecule has 0 aromatic carbocycles. The average Bonchev–Trinajstić information content (AvgIpc) is 2.27. The first kappa shape index (κ1) is 10.3. The van der Waals surface area contributed by atoms with Crippen LogP contribution in [0.25, 0.3) is 0 Å². The molecule has 0 saturated carbocycles. The summed E-state index contributed by atoms with van der Waals surface area (Å²) >= 11 is 1.59. The maximum atomic E-state index is 11.1. The Hall–Kier alpha value is -0.770. The molecule has 0 radical (unpaired) electrons. The lowest BCUT2D eigenvalue weighted by atomic mass is 10.2. The van der Waals surface area contributed by atoms with Gasteiger partial charge in [0.05, 0.1) is 11.3 Å². The molecule has 0 spiro atoms. The Morgan fingerprint density at radius 2 is 2.08 bits per heavy atom. The van der Waals surface area contributed by atoms with Crippen molar-refractivity contribution < 1.29 is 9.63 Å². The monoisotopic (exact) mass is 199 g/mol. The molecule has 0 N–H and O–H groups in total. The lowest BCUT2D eigenvalue weighted by Crippen LogP contribution is -2.07. The summed E-state index contributed by atoms with van der Waals surface area (Å²) in [6.45, 7) is 8.02. The zero-order valence-corrected chi connectivity index (χ0v) is 9.07. The number of nitrogens with zero attached hydrogens (tertiary/aromatic N) is 1. The van der Waals surface area contributed by atoms with E-state index in [-0.39, 0.29) is 10.7 Å². The second kappa shape index (κ2) is 3.54. The van der Waals surface area contributed by atoms with Crippen LogP contribution < -0.4 is 0 Å². The molecule has 72 valence electrons. The molecule has 0 fully saturated rings. The number of oxime groups is 1. The lowest BCUT2D eigenvalue weighted by Gasteiger charge is -2.14. The number of hydrogen-bond acceptors (Lipinski definition) is 4. The number of thioether (sulfide) groups is 1. The Balaban J connectivity index is 2.71. The molecule has 1 rings (SSSR count). The Labute approximate surface area is 82.2 Å². The highest BCUT2D eigenvalue weighted by Gasteiger charge is 2.22.